The van der Waals surface area contributed by atoms with E-state index in [-0.39, 0.29) is 4.71 Å². The van der Waals surface area contributed by atoms with Crippen LogP contribution in [0.5, 0.6) is 0 Å². The van der Waals surface area contributed by atoms with Crippen LogP contribution in [0, 0.1) is 0 Å². The zero-order chi connectivity index (χ0) is 20.1. The molecular weight excluding hydrogens is 421 g/mol. The summed E-state index contributed by atoms with van der Waals surface area (Å²) >= 11 is 0. The van der Waals surface area contributed by atoms with Gasteiger partial charge in [0.1, 0.15) is 19.6 Å². The number of piperazine rings is 3. The molecule has 3 heterocycles. The molecule has 0 amide bonds. The summed E-state index contributed by atoms with van der Waals surface area (Å²) in [6.07, 6.45) is 0. The summed E-state index contributed by atoms with van der Waals surface area (Å²) in [6.45, 7) is 5.35. The maximum absolute atomic E-state index is 13.4. The molecule has 0 atom stereocenters. The van der Waals surface area contributed by atoms with E-state index in [1.807, 2.05) is 0 Å². The number of nitrogens with zero attached hydrogens (tertiary/aromatic N) is 2. The van der Waals surface area contributed by atoms with Crippen LogP contribution in [0.3, 0.4) is 0 Å². The minimum absolute atomic E-state index is 0.145. The van der Waals surface area contributed by atoms with Gasteiger partial charge in [0.15, 0.2) is 19.6 Å². The molecule has 0 unspecified atom stereocenters. The predicted octanol–water partition coefficient (Wildman–Crippen LogP) is 6.93. The van der Waals surface area contributed by atoms with Crippen molar-refractivity contribution in [3.8, 4) is 0 Å². The average molecular weight is 436 g/mol. The molecular formula is C7H15F13N2P2. The van der Waals surface area contributed by atoms with Gasteiger partial charge in [-0.05, 0) is 4.48 Å². The molecule has 3 rings (SSSR count). The van der Waals surface area contributed by atoms with Crippen LogP contribution in [0.2, 0.25) is 0 Å². The molecule has 24 heavy (non-hydrogen) atoms. The molecule has 2 bridgehead atoms. The first-order chi connectivity index (χ1) is 9.52. The van der Waals surface area contributed by atoms with Crippen LogP contribution in [0.25, 0.3) is 0 Å². The Morgan fingerprint density at radius 1 is 0.500 bits per heavy atom. The Kier molecular flexibility index (Phi) is 4.75. The molecule has 0 spiro atoms. The van der Waals surface area contributed by atoms with Crippen LogP contribution in [0.1, 0.15) is 0 Å². The van der Waals surface area contributed by atoms with Gasteiger partial charge in [0.25, 0.3) is 0 Å². The summed E-state index contributed by atoms with van der Waals surface area (Å²) in [6, 6.07) is 0. The van der Waals surface area contributed by atoms with E-state index in [0.717, 1.165) is 43.8 Å². The first-order valence-corrected chi connectivity index (χ1v) is 10.1. The van der Waals surface area contributed by atoms with E-state index >= 15 is 0 Å². The van der Waals surface area contributed by atoms with E-state index < -0.39 is 15.6 Å². The Morgan fingerprint density at radius 2 is 0.667 bits per heavy atom. The molecule has 0 aromatic rings. The molecule has 3 saturated heterocycles. The molecule has 0 aliphatic carbocycles. The number of fused-ring (bicyclic) bond motifs is 3. The number of quaternary nitrogens is 2. The number of likely N-dealkylation sites (N-methyl/N-ethyl adjacent to an activating group) is 1. The molecule has 0 N–H and O–H groups in total. The third kappa shape index (κ3) is 21.9. The van der Waals surface area contributed by atoms with Crippen molar-refractivity contribution in [2.45, 2.75) is 0 Å². The minimum atomic E-state index is -10.7. The molecule has 17 heteroatoms. The zero-order valence-corrected chi connectivity index (χ0v) is 13.7. The summed E-state index contributed by atoms with van der Waals surface area (Å²) in [5.74, 6) is 0. The number of hydrogen-bond acceptors (Lipinski definition) is 0. The Labute approximate surface area is 127 Å². The van der Waals surface area contributed by atoms with E-state index in [2.05, 4.69) is 7.05 Å². The first-order valence-electron chi connectivity index (χ1n) is 6.04. The fraction of sp³-hybridized carbons (Fsp3) is 1.00. The van der Waals surface area contributed by atoms with Gasteiger partial charge in [0.05, 0.1) is 7.05 Å². The van der Waals surface area contributed by atoms with Crippen molar-refractivity contribution in [3.05, 3.63) is 0 Å². The second-order valence-electron chi connectivity index (χ2n) is 5.91. The van der Waals surface area contributed by atoms with Crippen molar-refractivity contribution in [1.82, 2.24) is 0 Å². The van der Waals surface area contributed by atoms with Crippen molar-refractivity contribution < 1.29 is 64.0 Å². The average Bonchev–Trinajstić information content (AvgIpc) is 2.11. The Morgan fingerprint density at radius 3 is 0.792 bits per heavy atom. The summed E-state index contributed by atoms with van der Waals surface area (Å²) in [5.41, 5.74) is 0. The van der Waals surface area contributed by atoms with Crippen molar-refractivity contribution in [3.63, 3.8) is 0 Å². The van der Waals surface area contributed by atoms with Crippen molar-refractivity contribution in [1.29, 1.82) is 0 Å². The number of rotatable bonds is 0. The molecule has 3 fully saturated rings. The molecule has 3 aliphatic heterocycles. The molecule has 154 valence electrons. The van der Waals surface area contributed by atoms with E-state index in [1.165, 1.54) is 0 Å². The van der Waals surface area contributed by atoms with E-state index in [1.54, 1.807) is 0 Å². The van der Waals surface area contributed by atoms with E-state index in [4.69, 9.17) is 0 Å². The fourth-order valence-electron chi connectivity index (χ4n) is 1.93. The van der Waals surface area contributed by atoms with E-state index in [9.17, 15) is 54.8 Å². The predicted molar refractivity (Wildman–Crippen MR) is 63.9 cm³/mol. The summed E-state index contributed by atoms with van der Waals surface area (Å²) < 4.78 is 133. The molecule has 2 nitrogen and oxygen atoms in total. The van der Waals surface area contributed by atoms with Gasteiger partial charge in [-0.25, -0.2) is 0 Å². The van der Waals surface area contributed by atoms with Gasteiger partial charge >= 0.3 is 66.0 Å². The maximum atomic E-state index is 13.4. The second kappa shape index (κ2) is 4.77. The molecule has 0 aromatic carbocycles. The summed E-state index contributed by atoms with van der Waals surface area (Å²) in [7, 11) is -19.1. The van der Waals surface area contributed by atoms with Crippen LogP contribution in [0.4, 0.5) is 54.8 Å². The molecule has 0 radical (unpaired) electrons. The Balaban J connectivity index is 0.000000343. The molecule has 0 aromatic heterocycles. The van der Waals surface area contributed by atoms with Gasteiger partial charge in [0.2, 0.25) is 0 Å². The monoisotopic (exact) mass is 436 g/mol. The van der Waals surface area contributed by atoms with Crippen LogP contribution in [0.15, 0.2) is 0 Å². The fourth-order valence-corrected chi connectivity index (χ4v) is 1.93. The Hall–Kier alpha value is -0.130. The van der Waals surface area contributed by atoms with Gasteiger partial charge in [0, 0.05) is 0 Å². The molecule has 3 aliphatic rings. The van der Waals surface area contributed by atoms with Gasteiger partial charge in [-0.2, -0.15) is 0 Å². The van der Waals surface area contributed by atoms with Crippen molar-refractivity contribution in [2.24, 2.45) is 0 Å². The van der Waals surface area contributed by atoms with Crippen LogP contribution in [-0.2, 0) is 0 Å². The van der Waals surface area contributed by atoms with Crippen LogP contribution >= 0.6 is 15.6 Å². The first kappa shape index (κ1) is 23.9. The summed E-state index contributed by atoms with van der Waals surface area (Å²) in [4.78, 5) is 0. The van der Waals surface area contributed by atoms with Gasteiger partial charge in [-0.1, -0.05) is 0 Å². The number of hydrogen-bond donors (Lipinski definition) is 0. The van der Waals surface area contributed by atoms with Crippen LogP contribution < -0.4 is 0 Å². The van der Waals surface area contributed by atoms with Crippen molar-refractivity contribution >= 4 is 15.6 Å². The van der Waals surface area contributed by atoms with Crippen molar-refractivity contribution in [2.75, 3.05) is 46.3 Å². The van der Waals surface area contributed by atoms with Crippen LogP contribution in [-0.4, -0.2) is 55.5 Å². The standard InChI is InChI=1S/C7H15FN2.2F6P/c1-9-2-5-10(8,6-3-9)7-4-9;2*1-7(2,3,4,5)6/h2-7H2,1H3;;/q+2;2*-1. The SMILES string of the molecule is C[N+]12CC[N+](F)(CC1)CC2.F[P-](F)(F)(F)(F)F.F[P-](F)(F)(F)(F)F. The Bertz CT molecular complexity index is 381. The quantitative estimate of drug-likeness (QED) is 0.167. The summed E-state index contributed by atoms with van der Waals surface area (Å²) in [5, 5.41) is 0. The van der Waals surface area contributed by atoms with Gasteiger partial charge in [-0.3, -0.25) is 0 Å². The zero-order valence-electron chi connectivity index (χ0n) is 11.9. The molecule has 0 saturated carbocycles. The van der Waals surface area contributed by atoms with Gasteiger partial charge in [-0.15, -0.1) is 4.71 Å². The third-order valence-corrected chi connectivity index (χ3v) is 3.12. The topological polar surface area (TPSA) is 0 Å². The normalized spacial score (nSPS) is 35.8. The van der Waals surface area contributed by atoms with E-state index in [0.29, 0.717) is 0 Å². The third-order valence-electron chi connectivity index (χ3n) is 3.12. The number of halogens is 13. The van der Waals surface area contributed by atoms with Gasteiger partial charge < -0.3 is 4.48 Å². The second-order valence-corrected chi connectivity index (χ2v) is 9.74.